The SMILES string of the molecule is Cn1ccc2cc(N)cc(C=O)c21. The van der Waals surface area contributed by atoms with Crippen molar-refractivity contribution in [2.75, 3.05) is 5.73 Å². The van der Waals surface area contributed by atoms with Gasteiger partial charge in [0.15, 0.2) is 6.29 Å². The van der Waals surface area contributed by atoms with E-state index in [1.165, 1.54) is 0 Å². The third kappa shape index (κ3) is 1.09. The standard InChI is InChI=1S/C10H10N2O/c1-12-3-2-7-4-9(11)5-8(6-13)10(7)12/h2-6H,11H2,1H3. The van der Waals surface area contributed by atoms with Gasteiger partial charge in [-0.05, 0) is 18.2 Å². The minimum atomic E-state index is 0.626. The summed E-state index contributed by atoms with van der Waals surface area (Å²) in [5, 5.41) is 1.00. The Hall–Kier alpha value is -1.77. The molecule has 0 fully saturated rings. The molecule has 1 aromatic carbocycles. The van der Waals surface area contributed by atoms with Crippen molar-refractivity contribution in [3.8, 4) is 0 Å². The highest BCUT2D eigenvalue weighted by Gasteiger charge is 2.04. The summed E-state index contributed by atoms with van der Waals surface area (Å²) in [5.74, 6) is 0. The Balaban J connectivity index is 2.92. The molecule has 2 rings (SSSR count). The molecule has 0 saturated carbocycles. The maximum atomic E-state index is 10.8. The quantitative estimate of drug-likeness (QED) is 0.527. The number of rotatable bonds is 1. The third-order valence-electron chi connectivity index (χ3n) is 2.15. The molecule has 0 unspecified atom stereocenters. The van der Waals surface area contributed by atoms with Crippen LogP contribution in [0.15, 0.2) is 24.4 Å². The summed E-state index contributed by atoms with van der Waals surface area (Å²) in [6.07, 6.45) is 2.75. The Morgan fingerprint density at radius 3 is 2.92 bits per heavy atom. The Kier molecular flexibility index (Phi) is 1.59. The van der Waals surface area contributed by atoms with Gasteiger partial charge in [0.25, 0.3) is 0 Å². The number of nitrogens with zero attached hydrogens (tertiary/aromatic N) is 1. The van der Waals surface area contributed by atoms with E-state index < -0.39 is 0 Å². The van der Waals surface area contributed by atoms with Gasteiger partial charge >= 0.3 is 0 Å². The number of benzene rings is 1. The normalized spacial score (nSPS) is 10.5. The van der Waals surface area contributed by atoms with Gasteiger partial charge in [0.2, 0.25) is 0 Å². The Morgan fingerprint density at radius 1 is 1.46 bits per heavy atom. The van der Waals surface area contributed by atoms with Gasteiger partial charge in [-0.3, -0.25) is 4.79 Å². The lowest BCUT2D eigenvalue weighted by Gasteiger charge is -2.01. The summed E-state index contributed by atoms with van der Waals surface area (Å²) < 4.78 is 1.92. The van der Waals surface area contributed by atoms with Crippen LogP contribution >= 0.6 is 0 Å². The Bertz CT molecular complexity index is 471. The molecule has 2 N–H and O–H groups in total. The molecule has 0 aliphatic rings. The van der Waals surface area contributed by atoms with Crippen molar-refractivity contribution < 1.29 is 4.79 Å². The predicted molar refractivity (Wildman–Crippen MR) is 52.7 cm³/mol. The van der Waals surface area contributed by atoms with Gasteiger partial charge in [0, 0.05) is 29.9 Å². The molecular formula is C10H10N2O. The minimum absolute atomic E-state index is 0.626. The average Bonchev–Trinajstić information content (AvgIpc) is 2.46. The molecule has 0 bridgehead atoms. The second-order valence-electron chi connectivity index (χ2n) is 3.09. The number of nitrogens with two attached hydrogens (primary N) is 1. The predicted octanol–water partition coefficient (Wildman–Crippen LogP) is 1.57. The van der Waals surface area contributed by atoms with Gasteiger partial charge in [-0.15, -0.1) is 0 Å². The maximum Gasteiger partial charge on any atom is 0.152 e. The number of nitrogen functional groups attached to an aromatic ring is 1. The summed E-state index contributed by atoms with van der Waals surface area (Å²) in [4.78, 5) is 10.8. The van der Waals surface area contributed by atoms with Crippen LogP contribution in [0.1, 0.15) is 10.4 Å². The van der Waals surface area contributed by atoms with E-state index in [0.29, 0.717) is 11.3 Å². The van der Waals surface area contributed by atoms with Crippen LogP contribution in [0.3, 0.4) is 0 Å². The fraction of sp³-hybridized carbons (Fsp3) is 0.100. The summed E-state index contributed by atoms with van der Waals surface area (Å²) in [5.41, 5.74) is 7.84. The van der Waals surface area contributed by atoms with E-state index in [4.69, 9.17) is 5.73 Å². The van der Waals surface area contributed by atoms with Gasteiger partial charge in [-0.25, -0.2) is 0 Å². The highest BCUT2D eigenvalue weighted by Crippen LogP contribution is 2.21. The van der Waals surface area contributed by atoms with Crippen LogP contribution in [0, 0.1) is 0 Å². The number of fused-ring (bicyclic) bond motifs is 1. The highest BCUT2D eigenvalue weighted by molar-refractivity contribution is 5.98. The monoisotopic (exact) mass is 174 g/mol. The molecule has 3 heteroatoms. The van der Waals surface area contributed by atoms with E-state index in [0.717, 1.165) is 17.2 Å². The van der Waals surface area contributed by atoms with Crippen LogP contribution in [0.2, 0.25) is 0 Å². The van der Waals surface area contributed by atoms with E-state index in [-0.39, 0.29) is 0 Å². The van der Waals surface area contributed by atoms with Crippen molar-refractivity contribution in [3.05, 3.63) is 30.0 Å². The zero-order chi connectivity index (χ0) is 9.42. The first-order chi connectivity index (χ1) is 6.22. The first-order valence-corrected chi connectivity index (χ1v) is 4.02. The number of anilines is 1. The van der Waals surface area contributed by atoms with Crippen LogP contribution in [-0.2, 0) is 7.05 Å². The molecule has 0 aliphatic heterocycles. The van der Waals surface area contributed by atoms with Crippen LogP contribution in [0.25, 0.3) is 10.9 Å². The lowest BCUT2D eigenvalue weighted by atomic mass is 10.1. The maximum absolute atomic E-state index is 10.8. The van der Waals surface area contributed by atoms with Crippen molar-refractivity contribution in [3.63, 3.8) is 0 Å². The number of carbonyl (C=O) groups excluding carboxylic acids is 1. The van der Waals surface area contributed by atoms with Gasteiger partial charge in [0.1, 0.15) is 0 Å². The molecule has 0 saturated heterocycles. The molecule has 1 aromatic heterocycles. The summed E-state index contributed by atoms with van der Waals surface area (Å²) in [6, 6.07) is 5.50. The molecule has 0 amide bonds. The zero-order valence-corrected chi connectivity index (χ0v) is 7.32. The van der Waals surface area contributed by atoms with Crippen molar-refractivity contribution >= 4 is 22.9 Å². The van der Waals surface area contributed by atoms with Crippen molar-refractivity contribution in [1.29, 1.82) is 0 Å². The van der Waals surface area contributed by atoms with E-state index in [9.17, 15) is 4.79 Å². The molecule has 0 atom stereocenters. The van der Waals surface area contributed by atoms with Crippen LogP contribution in [0.5, 0.6) is 0 Å². The zero-order valence-electron chi connectivity index (χ0n) is 7.32. The fourth-order valence-corrected chi connectivity index (χ4v) is 1.59. The molecule has 2 aromatic rings. The second kappa shape index (κ2) is 2.62. The van der Waals surface area contributed by atoms with E-state index in [2.05, 4.69) is 0 Å². The second-order valence-corrected chi connectivity index (χ2v) is 3.09. The minimum Gasteiger partial charge on any atom is -0.399 e. The van der Waals surface area contributed by atoms with Crippen molar-refractivity contribution in [2.45, 2.75) is 0 Å². The van der Waals surface area contributed by atoms with Gasteiger partial charge in [-0.2, -0.15) is 0 Å². The first kappa shape index (κ1) is 7.86. The number of hydrogen-bond donors (Lipinski definition) is 1. The number of aryl methyl sites for hydroxylation is 1. The summed E-state index contributed by atoms with van der Waals surface area (Å²) in [6.45, 7) is 0. The lowest BCUT2D eigenvalue weighted by Crippen LogP contribution is -1.93. The number of hydrogen-bond acceptors (Lipinski definition) is 2. The molecule has 13 heavy (non-hydrogen) atoms. The van der Waals surface area contributed by atoms with Crippen LogP contribution in [-0.4, -0.2) is 10.9 Å². The topological polar surface area (TPSA) is 48.0 Å². The van der Waals surface area contributed by atoms with E-state index in [1.807, 2.05) is 29.9 Å². The smallest absolute Gasteiger partial charge is 0.152 e. The molecule has 0 spiro atoms. The van der Waals surface area contributed by atoms with Crippen LogP contribution < -0.4 is 5.73 Å². The van der Waals surface area contributed by atoms with Gasteiger partial charge in [0.05, 0.1) is 5.52 Å². The van der Waals surface area contributed by atoms with Crippen LogP contribution in [0.4, 0.5) is 5.69 Å². The summed E-state index contributed by atoms with van der Waals surface area (Å²) in [7, 11) is 1.91. The van der Waals surface area contributed by atoms with Gasteiger partial charge < -0.3 is 10.3 Å². The molecular weight excluding hydrogens is 164 g/mol. The number of aromatic nitrogens is 1. The first-order valence-electron chi connectivity index (χ1n) is 4.02. The largest absolute Gasteiger partial charge is 0.399 e. The molecule has 0 aliphatic carbocycles. The number of aldehydes is 1. The number of carbonyl (C=O) groups is 1. The summed E-state index contributed by atoms with van der Waals surface area (Å²) >= 11 is 0. The molecule has 1 heterocycles. The lowest BCUT2D eigenvalue weighted by molar-refractivity contribution is 0.112. The fourth-order valence-electron chi connectivity index (χ4n) is 1.59. The van der Waals surface area contributed by atoms with E-state index in [1.54, 1.807) is 6.07 Å². The van der Waals surface area contributed by atoms with Crippen molar-refractivity contribution in [1.82, 2.24) is 4.57 Å². The average molecular weight is 174 g/mol. The van der Waals surface area contributed by atoms with E-state index >= 15 is 0 Å². The third-order valence-corrected chi connectivity index (χ3v) is 2.15. The van der Waals surface area contributed by atoms with Crippen molar-refractivity contribution in [2.24, 2.45) is 7.05 Å². The molecule has 66 valence electrons. The molecule has 3 nitrogen and oxygen atoms in total. The Labute approximate surface area is 75.8 Å². The molecule has 0 radical (unpaired) electrons. The Morgan fingerprint density at radius 2 is 2.23 bits per heavy atom. The highest BCUT2D eigenvalue weighted by atomic mass is 16.1. The van der Waals surface area contributed by atoms with Gasteiger partial charge in [-0.1, -0.05) is 0 Å².